The highest BCUT2D eigenvalue weighted by atomic mass is 35.5. The van der Waals surface area contributed by atoms with E-state index in [0.717, 1.165) is 30.8 Å². The van der Waals surface area contributed by atoms with Gasteiger partial charge < -0.3 is 20.1 Å². The lowest BCUT2D eigenvalue weighted by Gasteiger charge is -2.37. The van der Waals surface area contributed by atoms with E-state index in [4.69, 9.17) is 9.47 Å². The summed E-state index contributed by atoms with van der Waals surface area (Å²) in [6.07, 6.45) is 2.01. The minimum absolute atomic E-state index is 0. The van der Waals surface area contributed by atoms with Gasteiger partial charge in [-0.05, 0) is 55.6 Å². The van der Waals surface area contributed by atoms with Crippen LogP contribution < -0.4 is 15.4 Å². The van der Waals surface area contributed by atoms with E-state index in [-0.39, 0.29) is 23.7 Å². The molecule has 0 radical (unpaired) electrons. The van der Waals surface area contributed by atoms with Gasteiger partial charge >= 0.3 is 0 Å². The summed E-state index contributed by atoms with van der Waals surface area (Å²) >= 11 is 1.66. The van der Waals surface area contributed by atoms with Crippen LogP contribution >= 0.6 is 23.7 Å². The van der Waals surface area contributed by atoms with Crippen LogP contribution in [-0.2, 0) is 11.3 Å². The van der Waals surface area contributed by atoms with Gasteiger partial charge in [-0.2, -0.15) is 0 Å². The van der Waals surface area contributed by atoms with Crippen LogP contribution in [0.5, 0.6) is 5.75 Å². The van der Waals surface area contributed by atoms with Crippen LogP contribution in [0.25, 0.3) is 0 Å². The third-order valence-corrected chi connectivity index (χ3v) is 5.65. The standard InChI is InChI=1S/C20H26N2O3S.ClH/c1-24-15-20(7-9-21-10-8-20)14-22-19(23)16-4-2-5-17(12-16)25-13-18-6-3-11-26-18;/h2-6,11-12,21H,7-10,13-15H2,1H3,(H,22,23);1H. The van der Waals surface area contributed by atoms with Crippen molar-refractivity contribution in [1.29, 1.82) is 0 Å². The summed E-state index contributed by atoms with van der Waals surface area (Å²) in [5.74, 6) is 0.639. The summed E-state index contributed by atoms with van der Waals surface area (Å²) in [5.41, 5.74) is 0.637. The highest BCUT2D eigenvalue weighted by molar-refractivity contribution is 7.09. The van der Waals surface area contributed by atoms with Gasteiger partial charge in [0.1, 0.15) is 12.4 Å². The van der Waals surface area contributed by atoms with E-state index < -0.39 is 0 Å². The maximum Gasteiger partial charge on any atom is 0.251 e. The van der Waals surface area contributed by atoms with Crippen LogP contribution in [-0.4, -0.2) is 39.3 Å². The van der Waals surface area contributed by atoms with Crippen molar-refractivity contribution in [3.63, 3.8) is 0 Å². The molecule has 1 aliphatic rings. The zero-order valence-electron chi connectivity index (χ0n) is 15.5. The van der Waals surface area contributed by atoms with Crippen LogP contribution in [0.4, 0.5) is 0 Å². The Kier molecular flexibility index (Phi) is 8.57. The first-order chi connectivity index (χ1) is 12.7. The average molecular weight is 411 g/mol. The Hall–Kier alpha value is -1.60. The SMILES string of the molecule is COCC1(CNC(=O)c2cccc(OCc3cccs3)c2)CCNCC1.Cl. The van der Waals surface area contributed by atoms with E-state index >= 15 is 0 Å². The minimum Gasteiger partial charge on any atom is -0.488 e. The summed E-state index contributed by atoms with van der Waals surface area (Å²) in [7, 11) is 1.72. The molecule has 27 heavy (non-hydrogen) atoms. The molecule has 0 bridgehead atoms. The lowest BCUT2D eigenvalue weighted by molar-refractivity contribution is 0.0511. The molecule has 1 aromatic heterocycles. The molecule has 2 N–H and O–H groups in total. The molecule has 3 rings (SSSR count). The Balaban J connectivity index is 0.00000261. The molecule has 0 saturated carbocycles. The Labute approximate surface area is 170 Å². The van der Waals surface area contributed by atoms with Gasteiger partial charge in [0.15, 0.2) is 0 Å². The fourth-order valence-corrected chi connectivity index (χ4v) is 3.90. The lowest BCUT2D eigenvalue weighted by atomic mass is 9.79. The van der Waals surface area contributed by atoms with Crippen LogP contribution in [0, 0.1) is 5.41 Å². The van der Waals surface area contributed by atoms with Crippen molar-refractivity contribution in [3.05, 3.63) is 52.2 Å². The molecule has 1 aliphatic heterocycles. The fourth-order valence-electron chi connectivity index (χ4n) is 3.28. The topological polar surface area (TPSA) is 59.6 Å². The van der Waals surface area contributed by atoms with Crippen molar-refractivity contribution in [1.82, 2.24) is 10.6 Å². The normalized spacial score (nSPS) is 15.6. The molecule has 5 nitrogen and oxygen atoms in total. The second-order valence-electron chi connectivity index (χ2n) is 6.76. The number of halogens is 1. The minimum atomic E-state index is -0.0689. The Morgan fingerprint density at radius 1 is 1.26 bits per heavy atom. The number of piperidine rings is 1. The maximum absolute atomic E-state index is 12.6. The molecule has 148 valence electrons. The van der Waals surface area contributed by atoms with E-state index in [9.17, 15) is 4.79 Å². The smallest absolute Gasteiger partial charge is 0.251 e. The fraction of sp³-hybridized carbons (Fsp3) is 0.450. The molecular weight excluding hydrogens is 384 g/mol. The van der Waals surface area contributed by atoms with E-state index in [1.807, 2.05) is 35.7 Å². The monoisotopic (exact) mass is 410 g/mol. The second-order valence-corrected chi connectivity index (χ2v) is 7.79. The van der Waals surface area contributed by atoms with Crippen LogP contribution in [0.3, 0.4) is 0 Å². The molecule has 0 aliphatic carbocycles. The summed E-state index contributed by atoms with van der Waals surface area (Å²) in [5, 5.41) is 8.48. The van der Waals surface area contributed by atoms with Gasteiger partial charge in [0.2, 0.25) is 0 Å². The van der Waals surface area contributed by atoms with Crippen molar-refractivity contribution >= 4 is 29.7 Å². The first-order valence-electron chi connectivity index (χ1n) is 8.94. The van der Waals surface area contributed by atoms with Gasteiger partial charge in [-0.1, -0.05) is 12.1 Å². The molecule has 0 atom stereocenters. The first kappa shape index (κ1) is 21.7. The van der Waals surface area contributed by atoms with E-state index in [1.54, 1.807) is 24.5 Å². The first-order valence-corrected chi connectivity index (χ1v) is 9.82. The number of thiophene rings is 1. The molecule has 0 spiro atoms. The molecule has 2 heterocycles. The third-order valence-electron chi connectivity index (χ3n) is 4.80. The van der Waals surface area contributed by atoms with Crippen molar-refractivity contribution in [2.75, 3.05) is 33.4 Å². The van der Waals surface area contributed by atoms with Gasteiger partial charge in [0.25, 0.3) is 5.91 Å². The van der Waals surface area contributed by atoms with Gasteiger partial charge in [0, 0.05) is 29.5 Å². The number of methoxy groups -OCH3 is 1. The van der Waals surface area contributed by atoms with Crippen molar-refractivity contribution in [2.24, 2.45) is 5.41 Å². The van der Waals surface area contributed by atoms with Gasteiger partial charge in [-0.3, -0.25) is 4.79 Å². The third kappa shape index (κ3) is 6.21. The molecule has 1 amide bonds. The van der Waals surface area contributed by atoms with E-state index in [2.05, 4.69) is 10.6 Å². The second kappa shape index (κ2) is 10.7. The number of amides is 1. The number of nitrogens with one attached hydrogen (secondary N) is 2. The van der Waals surface area contributed by atoms with Crippen molar-refractivity contribution in [2.45, 2.75) is 19.4 Å². The zero-order chi connectivity index (χ0) is 18.2. The number of hydrogen-bond acceptors (Lipinski definition) is 5. The van der Waals surface area contributed by atoms with Crippen LogP contribution in [0.15, 0.2) is 41.8 Å². The van der Waals surface area contributed by atoms with Gasteiger partial charge in [-0.25, -0.2) is 0 Å². The lowest BCUT2D eigenvalue weighted by Crippen LogP contribution is -2.47. The number of carbonyl (C=O) groups is 1. The number of rotatable bonds is 8. The van der Waals surface area contributed by atoms with Crippen molar-refractivity contribution < 1.29 is 14.3 Å². The van der Waals surface area contributed by atoms with Crippen LogP contribution in [0.1, 0.15) is 28.1 Å². The average Bonchev–Trinajstić information content (AvgIpc) is 3.19. The Morgan fingerprint density at radius 3 is 2.78 bits per heavy atom. The molecular formula is C20H27ClN2O3S. The highest BCUT2D eigenvalue weighted by Crippen LogP contribution is 2.28. The van der Waals surface area contributed by atoms with Crippen molar-refractivity contribution in [3.8, 4) is 5.75 Å². The van der Waals surface area contributed by atoms with E-state index in [1.165, 1.54) is 0 Å². The summed E-state index contributed by atoms with van der Waals surface area (Å²) in [6, 6.07) is 11.4. The molecule has 7 heteroatoms. The van der Waals surface area contributed by atoms with Gasteiger partial charge in [0.05, 0.1) is 6.61 Å². The summed E-state index contributed by atoms with van der Waals surface area (Å²) in [4.78, 5) is 13.8. The molecule has 0 unspecified atom stereocenters. The molecule has 1 aromatic carbocycles. The number of ether oxygens (including phenoxy) is 2. The van der Waals surface area contributed by atoms with Crippen LogP contribution in [0.2, 0.25) is 0 Å². The number of hydrogen-bond donors (Lipinski definition) is 2. The quantitative estimate of drug-likeness (QED) is 0.699. The number of carbonyl (C=O) groups excluding carboxylic acids is 1. The molecule has 1 saturated heterocycles. The summed E-state index contributed by atoms with van der Waals surface area (Å²) < 4.78 is 11.2. The zero-order valence-corrected chi connectivity index (χ0v) is 17.2. The molecule has 2 aromatic rings. The van der Waals surface area contributed by atoms with Gasteiger partial charge in [-0.15, -0.1) is 23.7 Å². The predicted molar refractivity (Wildman–Crippen MR) is 111 cm³/mol. The predicted octanol–water partition coefficient (Wildman–Crippen LogP) is 3.49. The largest absolute Gasteiger partial charge is 0.488 e. The van der Waals surface area contributed by atoms with E-state index in [0.29, 0.717) is 31.1 Å². The molecule has 1 fully saturated rings. The Morgan fingerprint density at radius 2 is 2.07 bits per heavy atom. The summed E-state index contributed by atoms with van der Waals surface area (Å²) in [6.45, 7) is 3.74. The Bertz CT molecular complexity index is 698. The number of benzene rings is 1. The highest BCUT2D eigenvalue weighted by Gasteiger charge is 2.32. The maximum atomic E-state index is 12.6.